The van der Waals surface area contributed by atoms with Gasteiger partial charge in [-0.05, 0) is 51.0 Å². The third-order valence-corrected chi connectivity index (χ3v) is 5.48. The van der Waals surface area contributed by atoms with E-state index in [1.165, 1.54) is 11.0 Å². The van der Waals surface area contributed by atoms with Gasteiger partial charge in [0, 0.05) is 30.8 Å². The van der Waals surface area contributed by atoms with E-state index in [0.29, 0.717) is 37.4 Å². The quantitative estimate of drug-likeness (QED) is 0.603. The Hall–Kier alpha value is -3.03. The molecule has 2 aliphatic heterocycles. The molecule has 3 rings (SSSR count). The van der Waals surface area contributed by atoms with Crippen LogP contribution in [0.3, 0.4) is 0 Å². The van der Waals surface area contributed by atoms with Crippen LogP contribution in [0.4, 0.5) is 4.79 Å². The molecule has 8 nitrogen and oxygen atoms in total. The molecule has 2 aliphatic rings. The molecule has 1 aromatic carbocycles. The highest BCUT2D eigenvalue weighted by atomic mass is 16.5. The highest BCUT2D eigenvalue weighted by Crippen LogP contribution is 2.31. The Bertz CT molecular complexity index is 841. The van der Waals surface area contributed by atoms with Gasteiger partial charge in [0.15, 0.2) is 0 Å². The first-order chi connectivity index (χ1) is 13.8. The number of nitrogens with zero attached hydrogens (tertiary/aromatic N) is 2. The topological polar surface area (TPSA) is 88.2 Å². The first kappa shape index (κ1) is 20.7. The summed E-state index contributed by atoms with van der Waals surface area (Å²) in [6.45, 7) is 4.42. The van der Waals surface area contributed by atoms with E-state index in [9.17, 15) is 14.4 Å². The first-order valence-corrected chi connectivity index (χ1v) is 9.66. The second-order valence-corrected chi connectivity index (χ2v) is 7.55. The molecule has 0 bridgehead atoms. The van der Waals surface area contributed by atoms with Crippen LogP contribution in [-0.4, -0.2) is 66.5 Å². The number of carbonyl (C=O) groups excluding carboxylic acids is 3. The van der Waals surface area contributed by atoms with E-state index in [1.807, 2.05) is 13.8 Å². The molecule has 0 aromatic heterocycles. The molecular weight excluding hydrogens is 374 g/mol. The summed E-state index contributed by atoms with van der Waals surface area (Å²) < 4.78 is 10.5. The van der Waals surface area contributed by atoms with Crippen LogP contribution in [0.2, 0.25) is 0 Å². The predicted octanol–water partition coefficient (Wildman–Crippen LogP) is 2.04. The Morgan fingerprint density at radius 2 is 1.86 bits per heavy atom. The summed E-state index contributed by atoms with van der Waals surface area (Å²) in [6, 6.07) is 4.82. The molecule has 0 aliphatic carbocycles. The molecule has 1 aromatic rings. The van der Waals surface area contributed by atoms with Crippen molar-refractivity contribution in [2.45, 2.75) is 38.3 Å². The number of nitrogens with one attached hydrogen (secondary N) is 1. The van der Waals surface area contributed by atoms with Crippen molar-refractivity contribution in [3.05, 3.63) is 29.8 Å². The Balaban J connectivity index is 1.66. The minimum absolute atomic E-state index is 0.151. The number of piperidine rings is 1. The molecule has 4 amide bonds. The van der Waals surface area contributed by atoms with Gasteiger partial charge in [-0.15, -0.1) is 0 Å². The van der Waals surface area contributed by atoms with Gasteiger partial charge in [-0.1, -0.05) is 0 Å². The van der Waals surface area contributed by atoms with E-state index in [2.05, 4.69) is 5.32 Å². The number of benzene rings is 1. The van der Waals surface area contributed by atoms with Crippen LogP contribution >= 0.6 is 0 Å². The number of likely N-dealkylation sites (tertiary alicyclic amines) is 1. The zero-order valence-corrected chi connectivity index (χ0v) is 17.2. The van der Waals surface area contributed by atoms with Gasteiger partial charge in [-0.25, -0.2) is 4.79 Å². The highest BCUT2D eigenvalue weighted by Gasteiger charge is 2.53. The van der Waals surface area contributed by atoms with Gasteiger partial charge < -0.3 is 19.7 Å². The lowest BCUT2D eigenvalue weighted by atomic mass is 9.87. The number of imide groups is 1. The number of ether oxygens (including phenoxy) is 2. The van der Waals surface area contributed by atoms with E-state index >= 15 is 0 Å². The van der Waals surface area contributed by atoms with Gasteiger partial charge in [0.1, 0.15) is 17.0 Å². The number of hydrogen-bond donors (Lipinski definition) is 1. The lowest BCUT2D eigenvalue weighted by molar-refractivity contribution is -0.137. The van der Waals surface area contributed by atoms with Gasteiger partial charge in [0.05, 0.1) is 14.2 Å². The molecule has 8 heteroatoms. The predicted molar refractivity (Wildman–Crippen MR) is 108 cm³/mol. The number of rotatable bonds is 5. The van der Waals surface area contributed by atoms with Crippen molar-refractivity contribution in [2.75, 3.05) is 27.3 Å². The Morgan fingerprint density at radius 1 is 1.17 bits per heavy atom. The minimum Gasteiger partial charge on any atom is -0.497 e. The van der Waals surface area contributed by atoms with Crippen LogP contribution in [0, 0.1) is 0 Å². The zero-order valence-electron chi connectivity index (χ0n) is 17.2. The summed E-state index contributed by atoms with van der Waals surface area (Å²) in [6.07, 6.45) is 3.99. The summed E-state index contributed by atoms with van der Waals surface area (Å²) in [5.41, 5.74) is -0.155. The normalized spacial score (nSPS) is 18.7. The summed E-state index contributed by atoms with van der Waals surface area (Å²) >= 11 is 0. The van der Waals surface area contributed by atoms with Crippen molar-refractivity contribution < 1.29 is 23.9 Å². The van der Waals surface area contributed by atoms with Gasteiger partial charge in [0.2, 0.25) is 5.91 Å². The van der Waals surface area contributed by atoms with Crippen LogP contribution in [0.1, 0.15) is 32.3 Å². The lowest BCUT2D eigenvalue weighted by Gasteiger charge is -2.37. The second-order valence-electron chi connectivity index (χ2n) is 7.55. The van der Waals surface area contributed by atoms with Gasteiger partial charge >= 0.3 is 6.03 Å². The summed E-state index contributed by atoms with van der Waals surface area (Å²) in [5, 5.41) is 2.85. The highest BCUT2D eigenvalue weighted by molar-refractivity contribution is 6.07. The number of carbonyl (C=O) groups is 3. The molecule has 1 spiro atoms. The molecule has 2 fully saturated rings. The Labute approximate surface area is 170 Å². The number of amides is 4. The molecule has 2 heterocycles. The van der Waals surface area contributed by atoms with Crippen molar-refractivity contribution in [1.29, 1.82) is 0 Å². The fourth-order valence-electron chi connectivity index (χ4n) is 3.79. The summed E-state index contributed by atoms with van der Waals surface area (Å²) in [4.78, 5) is 40.5. The maximum atomic E-state index is 12.8. The van der Waals surface area contributed by atoms with Crippen LogP contribution in [-0.2, 0) is 9.59 Å². The van der Waals surface area contributed by atoms with E-state index in [1.54, 1.807) is 43.4 Å². The van der Waals surface area contributed by atoms with Crippen LogP contribution in [0.5, 0.6) is 11.5 Å². The summed E-state index contributed by atoms with van der Waals surface area (Å²) in [7, 11) is 3.14. The number of methoxy groups -OCH3 is 2. The molecule has 0 atom stereocenters. The maximum Gasteiger partial charge on any atom is 0.325 e. The van der Waals surface area contributed by atoms with Crippen molar-refractivity contribution in [1.82, 2.24) is 15.1 Å². The number of hydrogen-bond acceptors (Lipinski definition) is 5. The van der Waals surface area contributed by atoms with Crippen molar-refractivity contribution in [3.63, 3.8) is 0 Å². The Kier molecular flexibility index (Phi) is 5.81. The maximum absolute atomic E-state index is 12.8. The first-order valence-electron chi connectivity index (χ1n) is 9.66. The number of urea groups is 1. The second kappa shape index (κ2) is 8.14. The van der Waals surface area contributed by atoms with Gasteiger partial charge in [-0.3, -0.25) is 14.5 Å². The average Bonchev–Trinajstić information content (AvgIpc) is 2.95. The third-order valence-electron chi connectivity index (χ3n) is 5.48. The SMILES string of the molecule is COc1ccc(OC)c(/C=C/C(=O)N2CCC3(CC2)NC(=O)N(C(C)C)C3=O)c1. The minimum atomic E-state index is -0.891. The van der Waals surface area contributed by atoms with Crippen LogP contribution in [0.25, 0.3) is 6.08 Å². The van der Waals surface area contributed by atoms with Crippen molar-refractivity contribution in [2.24, 2.45) is 0 Å². The zero-order chi connectivity index (χ0) is 21.2. The largest absolute Gasteiger partial charge is 0.497 e. The van der Waals surface area contributed by atoms with E-state index < -0.39 is 5.54 Å². The molecular formula is C21H27N3O5. The molecule has 1 N–H and O–H groups in total. The fraction of sp³-hybridized carbons (Fsp3) is 0.476. The molecule has 0 saturated carbocycles. The standard InChI is InChI=1S/C21H27N3O5/c1-14(2)24-19(26)21(22-20(24)27)9-11-23(12-10-21)18(25)8-5-15-13-16(28-3)6-7-17(15)29-4/h5-8,13-14H,9-12H2,1-4H3,(H,22,27)/b8-5+. The van der Waals surface area contributed by atoms with E-state index in [0.717, 1.165) is 5.56 Å². The lowest BCUT2D eigenvalue weighted by Crippen LogP contribution is -2.55. The fourth-order valence-corrected chi connectivity index (χ4v) is 3.79. The van der Waals surface area contributed by atoms with Crippen molar-refractivity contribution in [3.8, 4) is 11.5 Å². The average molecular weight is 401 g/mol. The van der Waals surface area contributed by atoms with Gasteiger partial charge in [0.25, 0.3) is 5.91 Å². The van der Waals surface area contributed by atoms with Crippen LogP contribution in [0.15, 0.2) is 24.3 Å². The molecule has 0 radical (unpaired) electrons. The third kappa shape index (κ3) is 3.92. The van der Waals surface area contributed by atoms with Gasteiger partial charge in [-0.2, -0.15) is 0 Å². The summed E-state index contributed by atoms with van der Waals surface area (Å²) in [5.74, 6) is 0.965. The molecule has 29 heavy (non-hydrogen) atoms. The smallest absolute Gasteiger partial charge is 0.325 e. The molecule has 156 valence electrons. The molecule has 0 unspecified atom stereocenters. The molecule has 2 saturated heterocycles. The van der Waals surface area contributed by atoms with E-state index in [4.69, 9.17) is 9.47 Å². The van der Waals surface area contributed by atoms with E-state index in [-0.39, 0.29) is 23.9 Å². The van der Waals surface area contributed by atoms with Crippen molar-refractivity contribution >= 4 is 23.9 Å². The monoisotopic (exact) mass is 401 g/mol. The Morgan fingerprint density at radius 3 is 2.41 bits per heavy atom. The van der Waals surface area contributed by atoms with Crippen LogP contribution < -0.4 is 14.8 Å².